The summed E-state index contributed by atoms with van der Waals surface area (Å²) in [6, 6.07) is 14.5. The van der Waals surface area contributed by atoms with Gasteiger partial charge in [0.25, 0.3) is 0 Å². The van der Waals surface area contributed by atoms with Crippen LogP contribution in [0, 0.1) is 6.92 Å². The van der Waals surface area contributed by atoms with Gasteiger partial charge in [0.2, 0.25) is 21.7 Å². The number of nitrogens with zero attached hydrogens (tertiary/aromatic N) is 3. The van der Waals surface area contributed by atoms with Crippen molar-refractivity contribution < 1.29 is 12.9 Å². The maximum atomic E-state index is 13.3. The van der Waals surface area contributed by atoms with Crippen molar-refractivity contribution in [3.05, 3.63) is 65.5 Å². The van der Waals surface area contributed by atoms with E-state index in [0.717, 1.165) is 23.1 Å². The summed E-state index contributed by atoms with van der Waals surface area (Å²) in [5.74, 6) is 1.19. The lowest BCUT2D eigenvalue weighted by Gasteiger charge is -2.21. The van der Waals surface area contributed by atoms with Crippen molar-refractivity contribution in [1.82, 2.24) is 14.4 Å². The summed E-state index contributed by atoms with van der Waals surface area (Å²) < 4.78 is 33.5. The summed E-state index contributed by atoms with van der Waals surface area (Å²) >= 11 is 0. The lowest BCUT2D eigenvalue weighted by Crippen LogP contribution is -2.30. The fourth-order valence-electron chi connectivity index (χ4n) is 3.74. The van der Waals surface area contributed by atoms with E-state index in [1.165, 1.54) is 4.31 Å². The third kappa shape index (κ3) is 3.72. The molecular weight excluding hydrogens is 386 g/mol. The van der Waals surface area contributed by atoms with Crippen molar-refractivity contribution in [2.24, 2.45) is 0 Å². The molecule has 3 aromatic rings. The number of benzene rings is 2. The zero-order valence-electron chi connectivity index (χ0n) is 16.9. The molecule has 0 saturated carbocycles. The molecule has 6 nitrogen and oxygen atoms in total. The maximum Gasteiger partial charge on any atom is 0.245 e. The minimum atomic E-state index is -3.64. The van der Waals surface area contributed by atoms with E-state index in [9.17, 15) is 8.42 Å². The lowest BCUT2D eigenvalue weighted by atomic mass is 10.0. The van der Waals surface area contributed by atoms with Crippen molar-refractivity contribution >= 4 is 10.0 Å². The highest BCUT2D eigenvalue weighted by Crippen LogP contribution is 2.37. The third-order valence-corrected chi connectivity index (χ3v) is 7.39. The zero-order valence-corrected chi connectivity index (χ0v) is 17.7. The number of aromatic nitrogens is 2. The van der Waals surface area contributed by atoms with Gasteiger partial charge in [0, 0.05) is 12.1 Å². The smallest absolute Gasteiger partial charge is 0.245 e. The Kier molecular flexibility index (Phi) is 5.27. The SMILES string of the molecule is Cc1ccccc1-c1noc([C@H]2CCCN2S(=O)(=O)c2ccc(C(C)C)cc2)n1. The highest BCUT2D eigenvalue weighted by molar-refractivity contribution is 7.89. The molecule has 0 amide bonds. The molecule has 0 bridgehead atoms. The van der Waals surface area contributed by atoms with Crippen LogP contribution in [-0.4, -0.2) is 29.4 Å². The van der Waals surface area contributed by atoms with Crippen LogP contribution in [0.5, 0.6) is 0 Å². The van der Waals surface area contributed by atoms with Crippen LogP contribution in [0.3, 0.4) is 0 Å². The normalized spacial score (nSPS) is 17.9. The van der Waals surface area contributed by atoms with Gasteiger partial charge in [-0.3, -0.25) is 0 Å². The molecule has 2 heterocycles. The predicted octanol–water partition coefficient (Wildman–Crippen LogP) is 4.69. The summed E-state index contributed by atoms with van der Waals surface area (Å²) in [7, 11) is -3.64. The number of rotatable bonds is 5. The van der Waals surface area contributed by atoms with Gasteiger partial charge < -0.3 is 4.52 Å². The molecule has 1 aromatic heterocycles. The van der Waals surface area contributed by atoms with Crippen LogP contribution in [-0.2, 0) is 10.0 Å². The first kappa shape index (κ1) is 19.8. The average molecular weight is 412 g/mol. The third-order valence-electron chi connectivity index (χ3n) is 5.47. The number of hydrogen-bond acceptors (Lipinski definition) is 5. The summed E-state index contributed by atoms with van der Waals surface area (Å²) in [5, 5.41) is 4.10. The molecule has 0 unspecified atom stereocenters. The molecule has 0 spiro atoms. The molecule has 0 N–H and O–H groups in total. The molecule has 152 valence electrons. The van der Waals surface area contributed by atoms with Crippen LogP contribution in [0.1, 0.15) is 55.7 Å². The molecule has 1 aliphatic heterocycles. The maximum absolute atomic E-state index is 13.3. The Hall–Kier alpha value is -2.51. The van der Waals surface area contributed by atoms with Gasteiger partial charge in [0.15, 0.2) is 0 Å². The van der Waals surface area contributed by atoms with E-state index in [-0.39, 0.29) is 0 Å². The fourth-order valence-corrected chi connectivity index (χ4v) is 5.39. The van der Waals surface area contributed by atoms with Crippen molar-refractivity contribution in [1.29, 1.82) is 0 Å². The van der Waals surface area contributed by atoms with Crippen molar-refractivity contribution in [2.45, 2.75) is 50.5 Å². The molecule has 1 saturated heterocycles. The summed E-state index contributed by atoms with van der Waals surface area (Å²) in [4.78, 5) is 4.83. The molecule has 0 radical (unpaired) electrons. The fraction of sp³-hybridized carbons (Fsp3) is 0.364. The second kappa shape index (κ2) is 7.72. The van der Waals surface area contributed by atoms with Crippen LogP contribution in [0.2, 0.25) is 0 Å². The molecule has 1 atom stereocenters. The van der Waals surface area contributed by atoms with Crippen LogP contribution in [0.25, 0.3) is 11.4 Å². The Bertz CT molecular complexity index is 1100. The molecule has 7 heteroatoms. The van der Waals surface area contributed by atoms with Crippen LogP contribution in [0.15, 0.2) is 57.9 Å². The first-order valence-electron chi connectivity index (χ1n) is 9.89. The Morgan fingerprint density at radius 2 is 1.83 bits per heavy atom. The van der Waals surface area contributed by atoms with E-state index in [4.69, 9.17) is 4.52 Å². The lowest BCUT2D eigenvalue weighted by molar-refractivity contribution is 0.290. The van der Waals surface area contributed by atoms with E-state index in [1.54, 1.807) is 12.1 Å². The molecule has 1 aliphatic rings. The first-order valence-corrected chi connectivity index (χ1v) is 11.3. The average Bonchev–Trinajstić information content (AvgIpc) is 3.38. The monoisotopic (exact) mass is 411 g/mol. The van der Waals surface area contributed by atoms with Gasteiger partial charge >= 0.3 is 0 Å². The highest BCUT2D eigenvalue weighted by Gasteiger charge is 2.39. The van der Waals surface area contributed by atoms with Gasteiger partial charge in [-0.1, -0.05) is 55.4 Å². The molecule has 4 rings (SSSR count). The van der Waals surface area contributed by atoms with Gasteiger partial charge in [-0.25, -0.2) is 8.42 Å². The van der Waals surface area contributed by atoms with Gasteiger partial charge in [-0.05, 0) is 48.9 Å². The molecular formula is C22H25N3O3S. The van der Waals surface area contributed by atoms with E-state index >= 15 is 0 Å². The van der Waals surface area contributed by atoms with Crippen LogP contribution >= 0.6 is 0 Å². The molecule has 1 fully saturated rings. The Morgan fingerprint density at radius 1 is 1.10 bits per heavy atom. The molecule has 29 heavy (non-hydrogen) atoms. The minimum absolute atomic E-state index is 0.299. The van der Waals surface area contributed by atoms with Crippen molar-refractivity contribution in [3.63, 3.8) is 0 Å². The summed E-state index contributed by atoms with van der Waals surface area (Å²) in [6.45, 7) is 6.60. The van der Waals surface area contributed by atoms with Gasteiger partial charge in [0.1, 0.15) is 6.04 Å². The van der Waals surface area contributed by atoms with E-state index in [0.29, 0.717) is 35.5 Å². The number of sulfonamides is 1. The van der Waals surface area contributed by atoms with E-state index in [2.05, 4.69) is 24.0 Å². The van der Waals surface area contributed by atoms with Crippen LogP contribution < -0.4 is 0 Å². The Morgan fingerprint density at radius 3 is 2.52 bits per heavy atom. The molecule has 0 aliphatic carbocycles. The topological polar surface area (TPSA) is 76.3 Å². The highest BCUT2D eigenvalue weighted by atomic mass is 32.2. The van der Waals surface area contributed by atoms with Crippen molar-refractivity contribution in [2.75, 3.05) is 6.54 Å². The predicted molar refractivity (Wildman–Crippen MR) is 111 cm³/mol. The summed E-state index contributed by atoms with van der Waals surface area (Å²) in [5.41, 5.74) is 3.04. The largest absolute Gasteiger partial charge is 0.337 e. The first-order chi connectivity index (χ1) is 13.9. The Labute approximate surface area is 171 Å². The van der Waals surface area contributed by atoms with E-state index < -0.39 is 16.1 Å². The number of hydrogen-bond donors (Lipinski definition) is 0. The van der Waals surface area contributed by atoms with Crippen LogP contribution in [0.4, 0.5) is 0 Å². The Balaban J connectivity index is 1.63. The van der Waals surface area contributed by atoms with Crippen molar-refractivity contribution in [3.8, 4) is 11.4 Å². The zero-order chi connectivity index (χ0) is 20.6. The summed E-state index contributed by atoms with van der Waals surface area (Å²) in [6.07, 6.45) is 1.43. The number of aryl methyl sites for hydroxylation is 1. The second-order valence-corrected chi connectivity index (χ2v) is 9.66. The quantitative estimate of drug-likeness (QED) is 0.608. The molecule has 2 aromatic carbocycles. The standard InChI is InChI=1S/C22H25N3O3S/c1-15(2)17-10-12-18(13-11-17)29(26,27)25-14-6-9-20(25)22-23-21(24-28-22)19-8-5-4-7-16(19)3/h4-5,7-8,10-13,15,20H,6,9,14H2,1-3H3/t20-/m1/s1. The second-order valence-electron chi connectivity index (χ2n) is 7.77. The van der Waals surface area contributed by atoms with Gasteiger partial charge in [-0.2, -0.15) is 9.29 Å². The van der Waals surface area contributed by atoms with Gasteiger partial charge in [-0.15, -0.1) is 0 Å². The van der Waals surface area contributed by atoms with Gasteiger partial charge in [0.05, 0.1) is 4.90 Å². The van der Waals surface area contributed by atoms with E-state index in [1.807, 2.05) is 43.3 Å². The minimum Gasteiger partial charge on any atom is -0.337 e.